The van der Waals surface area contributed by atoms with Gasteiger partial charge in [0, 0.05) is 18.4 Å². The van der Waals surface area contributed by atoms with Crippen molar-refractivity contribution in [2.45, 2.75) is 205 Å². The Balaban J connectivity index is 1.09. The molecule has 0 aromatic carbocycles. The summed E-state index contributed by atoms with van der Waals surface area (Å²) in [7, 11) is 0. The summed E-state index contributed by atoms with van der Waals surface area (Å²) in [5.41, 5.74) is 0. The van der Waals surface area contributed by atoms with Crippen LogP contribution in [0.15, 0.2) is 12.2 Å². The van der Waals surface area contributed by atoms with E-state index in [2.05, 4.69) is 0 Å². The first-order chi connectivity index (χ1) is 30.6. The number of carbonyl (C=O) groups excluding carboxylic acids is 1. The van der Waals surface area contributed by atoms with Crippen molar-refractivity contribution in [1.29, 1.82) is 0 Å². The molecule has 7 aliphatic rings. The molecular weight excluding hydrogens is 856 g/mol. The Morgan fingerprint density at radius 1 is 0.516 bits per heavy atom. The minimum atomic E-state index is -1.95. The Bertz CT molecular complexity index is 1490. The predicted molar refractivity (Wildman–Crippen MR) is 211 cm³/mol. The maximum Gasteiger partial charge on any atom is 0.330 e. The van der Waals surface area contributed by atoms with Gasteiger partial charge in [0.1, 0.15) is 79.9 Å². The molecule has 0 spiro atoms. The second-order valence-electron chi connectivity index (χ2n) is 18.7. The zero-order valence-corrected chi connectivity index (χ0v) is 35.5. The Morgan fingerprint density at radius 3 is 1.67 bits per heavy atom. The summed E-state index contributed by atoms with van der Waals surface area (Å²) in [4.78, 5) is 12.6. The van der Waals surface area contributed by atoms with Crippen LogP contribution in [0.25, 0.3) is 0 Å². The summed E-state index contributed by atoms with van der Waals surface area (Å²) in [6.07, 6.45) is -22.4. The maximum atomic E-state index is 12.6. The molecule has 0 aromatic rings. The first kappa shape index (κ1) is 50.3. The van der Waals surface area contributed by atoms with Crippen LogP contribution in [0.5, 0.6) is 0 Å². The van der Waals surface area contributed by atoms with Gasteiger partial charge in [0.15, 0.2) is 18.9 Å². The second kappa shape index (κ2) is 22.2. The molecule has 0 aromatic heterocycles. The molecule has 3 aliphatic carbocycles. The number of ether oxygens (including phenoxy) is 8. The molecule has 3 saturated carbocycles. The summed E-state index contributed by atoms with van der Waals surface area (Å²) in [6, 6.07) is 0. The number of hydrogen-bond donors (Lipinski definition) is 13. The van der Waals surface area contributed by atoms with Crippen LogP contribution in [0, 0.1) is 17.8 Å². The number of aliphatic hydroxyl groups excluding tert-OH is 13. The van der Waals surface area contributed by atoms with E-state index in [9.17, 15) is 71.2 Å². The van der Waals surface area contributed by atoms with Gasteiger partial charge < -0.3 is 104 Å². The molecule has 21 atom stereocenters. The highest BCUT2D eigenvalue weighted by Gasteiger charge is 2.56. The standard InChI is InChI=1S/C42H68O22/c43-14-26-30(49)33(52)36(55)40(61-26)59-24-12-21(47)11-23-22(24)13-25(38(58-23)18-4-8-20(46)9-5-18)60-42-39(35(54)31(50)27(15-44)62-42)64-41-37(56)34(53)32(51)28(63-41)16-57-29(48)10-3-17-1-6-19(45)7-2-17/h3,10,17-28,30-47,49-56H,1-2,4-9,11-16H2/t17?,18?,19?,20?,21?,22?,23?,24?,25?,26-,27-,28-,30-,31-,32-,33+,34+,35+,36-,37-,38?,39-,40-,41+,42-/m1/s1. The van der Waals surface area contributed by atoms with Gasteiger partial charge in [-0.3, -0.25) is 0 Å². The van der Waals surface area contributed by atoms with Crippen molar-refractivity contribution in [3.05, 3.63) is 12.2 Å². The molecule has 13 N–H and O–H groups in total. The number of carbonyl (C=O) groups is 1. The average Bonchev–Trinajstić information content (AvgIpc) is 3.28. The molecule has 7 rings (SSSR count). The van der Waals surface area contributed by atoms with Crippen LogP contribution in [-0.2, 0) is 42.7 Å². The van der Waals surface area contributed by atoms with Crippen LogP contribution in [-0.4, -0.2) is 227 Å². The number of aliphatic hydroxyl groups is 13. The SMILES string of the molecule is O=C(C=CC1CCC(O)CC1)OC[C@H]1O[C@@H](O[C@H]2[C@H](OC3CC4C(CC(O)CC4O[C@@H]4O[C@H](CO)[C@@H](O)[C@H](O)[C@H]4O)OC3C3CCC(O)CC3)O[C@H](CO)[C@@H](O)[C@@H]2O)[C@H](O)[C@@H](O)[C@@H]1O. The lowest BCUT2D eigenvalue weighted by molar-refractivity contribution is -0.380. The topological polar surface area (TPSA) is 354 Å². The van der Waals surface area contributed by atoms with Gasteiger partial charge in [-0.25, -0.2) is 4.79 Å². The molecule has 7 fully saturated rings. The van der Waals surface area contributed by atoms with Gasteiger partial charge in [-0.05, 0) is 76.0 Å². The lowest BCUT2D eigenvalue weighted by Crippen LogP contribution is -2.66. The van der Waals surface area contributed by atoms with E-state index in [-0.39, 0.29) is 37.2 Å². The van der Waals surface area contributed by atoms with Crippen LogP contribution < -0.4 is 0 Å². The molecule has 6 unspecified atom stereocenters. The average molecular weight is 925 g/mol. The molecule has 4 aliphatic heterocycles. The predicted octanol–water partition coefficient (Wildman–Crippen LogP) is -4.68. The van der Waals surface area contributed by atoms with Crippen molar-refractivity contribution in [3.8, 4) is 0 Å². The van der Waals surface area contributed by atoms with Crippen molar-refractivity contribution < 1.29 is 109 Å². The Labute approximate surface area is 369 Å². The van der Waals surface area contributed by atoms with E-state index in [1.165, 1.54) is 6.08 Å². The Morgan fingerprint density at radius 2 is 1.05 bits per heavy atom. The zero-order chi connectivity index (χ0) is 46.0. The number of rotatable bonds is 13. The minimum absolute atomic E-state index is 0.0269. The number of allylic oxidation sites excluding steroid dienone is 1. The number of hydrogen-bond acceptors (Lipinski definition) is 22. The summed E-state index contributed by atoms with van der Waals surface area (Å²) >= 11 is 0. The van der Waals surface area contributed by atoms with E-state index < -0.39 is 160 Å². The van der Waals surface area contributed by atoms with Crippen molar-refractivity contribution in [2.75, 3.05) is 19.8 Å². The molecule has 368 valence electrons. The van der Waals surface area contributed by atoms with Gasteiger partial charge in [-0.1, -0.05) is 6.08 Å². The van der Waals surface area contributed by atoms with Crippen LogP contribution in [0.4, 0.5) is 0 Å². The highest BCUT2D eigenvalue weighted by Crippen LogP contribution is 2.45. The van der Waals surface area contributed by atoms with Crippen molar-refractivity contribution in [1.82, 2.24) is 0 Å². The summed E-state index contributed by atoms with van der Waals surface area (Å²) in [5.74, 6) is -1.49. The Hall–Kier alpha value is -1.59. The van der Waals surface area contributed by atoms with Crippen molar-refractivity contribution in [2.24, 2.45) is 17.8 Å². The van der Waals surface area contributed by atoms with Crippen molar-refractivity contribution >= 4 is 5.97 Å². The van der Waals surface area contributed by atoms with E-state index in [1.807, 2.05) is 0 Å². The summed E-state index contributed by atoms with van der Waals surface area (Å²) in [6.45, 7) is -2.05. The molecule has 64 heavy (non-hydrogen) atoms. The molecular formula is C42H68O22. The third-order valence-electron chi connectivity index (χ3n) is 14.3. The first-order valence-electron chi connectivity index (χ1n) is 22.7. The van der Waals surface area contributed by atoms with E-state index in [0.717, 1.165) is 0 Å². The lowest BCUT2D eigenvalue weighted by atomic mass is 9.73. The molecule has 22 nitrogen and oxygen atoms in total. The van der Waals surface area contributed by atoms with Gasteiger partial charge >= 0.3 is 5.97 Å². The fourth-order valence-electron chi connectivity index (χ4n) is 10.4. The number of esters is 1. The monoisotopic (exact) mass is 924 g/mol. The normalized spacial score (nSPS) is 50.5. The Kier molecular flexibility index (Phi) is 17.5. The van der Waals surface area contributed by atoms with Crippen LogP contribution in [0.3, 0.4) is 0 Å². The third-order valence-corrected chi connectivity index (χ3v) is 14.3. The minimum Gasteiger partial charge on any atom is -0.460 e. The lowest BCUT2D eigenvalue weighted by Gasteiger charge is -2.52. The van der Waals surface area contributed by atoms with Crippen LogP contribution >= 0.6 is 0 Å². The van der Waals surface area contributed by atoms with Gasteiger partial charge in [-0.2, -0.15) is 0 Å². The third kappa shape index (κ3) is 11.5. The number of fused-ring (bicyclic) bond motifs is 1. The van der Waals surface area contributed by atoms with E-state index >= 15 is 0 Å². The molecule has 4 saturated heterocycles. The van der Waals surface area contributed by atoms with Gasteiger partial charge in [-0.15, -0.1) is 0 Å². The zero-order valence-electron chi connectivity index (χ0n) is 35.5. The smallest absolute Gasteiger partial charge is 0.330 e. The quantitative estimate of drug-likeness (QED) is 0.0610. The highest BCUT2D eigenvalue weighted by atomic mass is 16.8. The summed E-state index contributed by atoms with van der Waals surface area (Å²) in [5, 5.41) is 138. The highest BCUT2D eigenvalue weighted by molar-refractivity contribution is 5.81. The molecule has 0 radical (unpaired) electrons. The van der Waals surface area contributed by atoms with Crippen LogP contribution in [0.1, 0.15) is 70.6 Å². The van der Waals surface area contributed by atoms with Crippen LogP contribution in [0.2, 0.25) is 0 Å². The molecule has 0 amide bonds. The molecule has 22 heteroatoms. The van der Waals surface area contributed by atoms with Gasteiger partial charge in [0.05, 0.1) is 55.9 Å². The summed E-state index contributed by atoms with van der Waals surface area (Å²) < 4.78 is 48.4. The van der Waals surface area contributed by atoms with E-state index in [1.54, 1.807) is 6.08 Å². The first-order valence-corrected chi connectivity index (χ1v) is 22.7. The van der Waals surface area contributed by atoms with Crippen molar-refractivity contribution in [3.63, 3.8) is 0 Å². The van der Waals surface area contributed by atoms with Gasteiger partial charge in [0.2, 0.25) is 0 Å². The fourth-order valence-corrected chi connectivity index (χ4v) is 10.4. The van der Waals surface area contributed by atoms with E-state index in [0.29, 0.717) is 51.4 Å². The maximum absolute atomic E-state index is 12.6. The van der Waals surface area contributed by atoms with E-state index in [4.69, 9.17) is 37.9 Å². The largest absolute Gasteiger partial charge is 0.460 e. The molecule has 0 bridgehead atoms. The molecule has 4 heterocycles. The fraction of sp³-hybridized carbons (Fsp3) is 0.929. The second-order valence-corrected chi connectivity index (χ2v) is 18.7. The van der Waals surface area contributed by atoms with Gasteiger partial charge in [0.25, 0.3) is 0 Å².